The molecule has 0 unspecified atom stereocenters. The number of ether oxygens (including phenoxy) is 2. The minimum atomic E-state index is 0.0475. The average molecular weight is 378 g/mol. The Labute approximate surface area is 166 Å². The van der Waals surface area contributed by atoms with Crippen molar-refractivity contribution in [1.82, 2.24) is 4.98 Å². The van der Waals surface area contributed by atoms with E-state index in [1.54, 1.807) is 6.20 Å². The zero-order chi connectivity index (χ0) is 19.3. The number of anilines is 1. The molecule has 1 saturated carbocycles. The lowest BCUT2D eigenvalue weighted by atomic mass is 9.93. The molecule has 1 aromatic carbocycles. The summed E-state index contributed by atoms with van der Waals surface area (Å²) in [6.07, 6.45) is 10.1. The smallest absolute Gasteiger partial charge is 0.255 e. The van der Waals surface area contributed by atoms with Crippen molar-refractivity contribution in [2.75, 3.05) is 11.7 Å². The number of carbonyl (C=O) groups excluding carboxylic acids is 1. The molecule has 146 valence electrons. The molecule has 5 heteroatoms. The molecule has 0 N–H and O–H groups in total. The van der Waals surface area contributed by atoms with Gasteiger partial charge in [0, 0.05) is 17.8 Å². The van der Waals surface area contributed by atoms with E-state index in [9.17, 15) is 4.79 Å². The molecule has 2 heterocycles. The highest BCUT2D eigenvalue weighted by atomic mass is 16.7. The second-order valence-electron chi connectivity index (χ2n) is 7.43. The zero-order valence-electron chi connectivity index (χ0n) is 16.3. The highest BCUT2D eigenvalue weighted by Crippen LogP contribution is 2.33. The standard InChI is InChI=1S/C23H26N2O3/c1-17(10-11-18-12-13-20-21(15-18)28-16-27-20)23(26)25(19-7-3-2-4-8-19)22-9-5-6-14-24-22/h5-6,9-10,12-15,19H,2-4,7-8,11,16H2,1H3/b17-10-. The quantitative estimate of drug-likeness (QED) is 0.710. The normalized spacial score (nSPS) is 16.8. The number of rotatable bonds is 5. The topological polar surface area (TPSA) is 51.7 Å². The van der Waals surface area contributed by atoms with Crippen molar-refractivity contribution in [3.8, 4) is 11.5 Å². The largest absolute Gasteiger partial charge is 0.454 e. The fourth-order valence-corrected chi connectivity index (χ4v) is 3.91. The SMILES string of the molecule is C/C(=C/Cc1ccc2c(c1)OCO2)C(=O)N(c1ccccn1)C1CCCCC1. The van der Waals surface area contributed by atoms with Crippen LogP contribution in [0, 0.1) is 0 Å². The molecule has 1 aliphatic heterocycles. The second-order valence-corrected chi connectivity index (χ2v) is 7.43. The van der Waals surface area contributed by atoms with Gasteiger partial charge in [0.25, 0.3) is 5.91 Å². The Bertz CT molecular complexity index is 857. The third-order valence-corrected chi connectivity index (χ3v) is 5.47. The number of aromatic nitrogens is 1. The van der Waals surface area contributed by atoms with E-state index in [4.69, 9.17) is 9.47 Å². The first-order chi connectivity index (χ1) is 13.7. The third-order valence-electron chi connectivity index (χ3n) is 5.47. The van der Waals surface area contributed by atoms with Crippen LogP contribution < -0.4 is 14.4 Å². The van der Waals surface area contributed by atoms with E-state index in [0.717, 1.165) is 41.3 Å². The fraction of sp³-hybridized carbons (Fsp3) is 0.391. The summed E-state index contributed by atoms with van der Waals surface area (Å²) in [6.45, 7) is 2.17. The number of carbonyl (C=O) groups is 1. The number of nitrogens with zero attached hydrogens (tertiary/aromatic N) is 2. The minimum absolute atomic E-state index is 0.0475. The van der Waals surface area contributed by atoms with Crippen LogP contribution in [0.25, 0.3) is 0 Å². The van der Waals surface area contributed by atoms with Gasteiger partial charge in [-0.05, 0) is 56.0 Å². The van der Waals surface area contributed by atoms with Gasteiger partial charge in [0.05, 0.1) is 0 Å². The van der Waals surface area contributed by atoms with Crippen molar-refractivity contribution in [3.05, 3.63) is 59.8 Å². The molecule has 1 aromatic heterocycles. The summed E-state index contributed by atoms with van der Waals surface area (Å²) >= 11 is 0. The maximum absolute atomic E-state index is 13.3. The molecular formula is C23H26N2O3. The van der Waals surface area contributed by atoms with E-state index < -0.39 is 0 Å². The Balaban J connectivity index is 1.52. The van der Waals surface area contributed by atoms with Crippen molar-refractivity contribution < 1.29 is 14.3 Å². The number of pyridine rings is 1. The summed E-state index contributed by atoms with van der Waals surface area (Å²) < 4.78 is 10.8. The van der Waals surface area contributed by atoms with Crippen molar-refractivity contribution in [1.29, 1.82) is 0 Å². The van der Waals surface area contributed by atoms with Crippen molar-refractivity contribution in [2.45, 2.75) is 51.5 Å². The number of hydrogen-bond acceptors (Lipinski definition) is 4. The van der Waals surface area contributed by atoms with Crippen LogP contribution in [0.2, 0.25) is 0 Å². The molecule has 5 nitrogen and oxygen atoms in total. The van der Waals surface area contributed by atoms with Crippen LogP contribution >= 0.6 is 0 Å². The molecule has 2 aliphatic rings. The molecule has 0 saturated heterocycles. The maximum atomic E-state index is 13.3. The molecule has 0 spiro atoms. The van der Waals surface area contributed by atoms with Crippen LogP contribution in [-0.4, -0.2) is 23.7 Å². The first-order valence-corrected chi connectivity index (χ1v) is 10.0. The molecule has 2 aromatic rings. The van der Waals surface area contributed by atoms with Gasteiger partial charge >= 0.3 is 0 Å². The summed E-state index contributed by atoms with van der Waals surface area (Å²) in [6, 6.07) is 11.9. The molecule has 0 atom stereocenters. The highest BCUT2D eigenvalue weighted by Gasteiger charge is 2.28. The van der Waals surface area contributed by atoms with Crippen LogP contribution in [0.4, 0.5) is 5.82 Å². The minimum Gasteiger partial charge on any atom is -0.454 e. The molecule has 0 radical (unpaired) electrons. The first-order valence-electron chi connectivity index (χ1n) is 10.0. The van der Waals surface area contributed by atoms with E-state index in [1.807, 2.05) is 54.3 Å². The fourth-order valence-electron chi connectivity index (χ4n) is 3.91. The molecule has 1 amide bonds. The van der Waals surface area contributed by atoms with Crippen molar-refractivity contribution in [3.63, 3.8) is 0 Å². The van der Waals surface area contributed by atoms with Crippen molar-refractivity contribution in [2.24, 2.45) is 0 Å². The molecule has 1 aliphatic carbocycles. The predicted octanol–water partition coefficient (Wildman–Crippen LogP) is 4.67. The first kappa shape index (κ1) is 18.5. The van der Waals surface area contributed by atoms with Crippen LogP contribution in [0.15, 0.2) is 54.2 Å². The lowest BCUT2D eigenvalue weighted by Crippen LogP contribution is -2.42. The average Bonchev–Trinajstić information content (AvgIpc) is 3.21. The number of fused-ring (bicyclic) bond motifs is 1. The monoisotopic (exact) mass is 378 g/mol. The van der Waals surface area contributed by atoms with Gasteiger partial charge in [-0.2, -0.15) is 0 Å². The Kier molecular flexibility index (Phi) is 5.60. The molecule has 1 fully saturated rings. The van der Waals surface area contributed by atoms with Crippen LogP contribution in [0.3, 0.4) is 0 Å². The predicted molar refractivity (Wildman–Crippen MR) is 109 cm³/mol. The van der Waals surface area contributed by atoms with Crippen LogP contribution in [0.5, 0.6) is 11.5 Å². The number of amides is 1. The van der Waals surface area contributed by atoms with E-state index in [1.165, 1.54) is 19.3 Å². The molecule has 28 heavy (non-hydrogen) atoms. The maximum Gasteiger partial charge on any atom is 0.255 e. The molecular weight excluding hydrogens is 352 g/mol. The Morgan fingerprint density at radius 2 is 1.96 bits per heavy atom. The van der Waals surface area contributed by atoms with E-state index in [0.29, 0.717) is 6.42 Å². The van der Waals surface area contributed by atoms with Gasteiger partial charge < -0.3 is 9.47 Å². The van der Waals surface area contributed by atoms with Gasteiger partial charge in [0.1, 0.15) is 5.82 Å². The summed E-state index contributed by atoms with van der Waals surface area (Å²) in [4.78, 5) is 19.7. The zero-order valence-corrected chi connectivity index (χ0v) is 16.3. The Morgan fingerprint density at radius 3 is 2.75 bits per heavy atom. The number of hydrogen-bond donors (Lipinski definition) is 0. The number of benzene rings is 1. The second kappa shape index (κ2) is 8.46. The lowest BCUT2D eigenvalue weighted by Gasteiger charge is -2.33. The van der Waals surface area contributed by atoms with Crippen LogP contribution in [-0.2, 0) is 11.2 Å². The van der Waals surface area contributed by atoms with E-state index >= 15 is 0 Å². The molecule has 4 rings (SSSR count). The summed E-state index contributed by atoms with van der Waals surface area (Å²) in [5.41, 5.74) is 1.84. The summed E-state index contributed by atoms with van der Waals surface area (Å²) in [7, 11) is 0. The Morgan fingerprint density at radius 1 is 1.14 bits per heavy atom. The van der Waals surface area contributed by atoms with Crippen LogP contribution in [0.1, 0.15) is 44.6 Å². The van der Waals surface area contributed by atoms with Gasteiger partial charge in [-0.25, -0.2) is 4.98 Å². The van der Waals surface area contributed by atoms with E-state index in [-0.39, 0.29) is 18.7 Å². The van der Waals surface area contributed by atoms with Gasteiger partial charge in [0.15, 0.2) is 11.5 Å². The summed E-state index contributed by atoms with van der Waals surface area (Å²) in [5, 5.41) is 0. The third kappa shape index (κ3) is 4.03. The van der Waals surface area contributed by atoms with Gasteiger partial charge in [-0.3, -0.25) is 9.69 Å². The number of allylic oxidation sites excluding steroid dienone is 1. The lowest BCUT2D eigenvalue weighted by molar-refractivity contribution is -0.115. The van der Waals surface area contributed by atoms with E-state index in [2.05, 4.69) is 4.98 Å². The van der Waals surface area contributed by atoms with Gasteiger partial charge in [0.2, 0.25) is 6.79 Å². The Hall–Kier alpha value is -2.82. The molecule has 0 bridgehead atoms. The summed E-state index contributed by atoms with van der Waals surface area (Å²) in [5.74, 6) is 2.34. The van der Waals surface area contributed by atoms with Gasteiger partial charge in [-0.15, -0.1) is 0 Å². The highest BCUT2D eigenvalue weighted by molar-refractivity contribution is 6.05. The van der Waals surface area contributed by atoms with Gasteiger partial charge in [-0.1, -0.05) is 37.5 Å². The van der Waals surface area contributed by atoms with Crippen molar-refractivity contribution >= 4 is 11.7 Å².